The van der Waals surface area contributed by atoms with E-state index in [1.807, 2.05) is 20.8 Å². The first kappa shape index (κ1) is 13.6. The summed E-state index contributed by atoms with van der Waals surface area (Å²) in [6.07, 6.45) is 1.45. The predicted octanol–water partition coefficient (Wildman–Crippen LogP) is 0.388. The van der Waals surface area contributed by atoms with E-state index >= 15 is 0 Å². The molecule has 1 rings (SSSR count). The Morgan fingerprint density at radius 3 is 2.59 bits per heavy atom. The molecule has 1 heterocycles. The Balaban J connectivity index is 2.78. The summed E-state index contributed by atoms with van der Waals surface area (Å²) in [4.78, 5) is 15.9. The van der Waals surface area contributed by atoms with Gasteiger partial charge in [0, 0.05) is 5.54 Å². The van der Waals surface area contributed by atoms with Gasteiger partial charge in [-0.3, -0.25) is 4.79 Å². The number of hydrogen-bond acceptors (Lipinski definition) is 4. The zero-order valence-corrected chi connectivity index (χ0v) is 11.2. The third kappa shape index (κ3) is 3.77. The monoisotopic (exact) mass is 255 g/mol. The van der Waals surface area contributed by atoms with E-state index in [-0.39, 0.29) is 22.3 Å². The molecular formula is C10H17N5OS. The summed E-state index contributed by atoms with van der Waals surface area (Å²) < 4.78 is 1.44. The molecule has 0 saturated heterocycles. The van der Waals surface area contributed by atoms with Crippen molar-refractivity contribution >= 4 is 23.1 Å². The van der Waals surface area contributed by atoms with E-state index in [9.17, 15) is 4.79 Å². The Kier molecular flexibility index (Phi) is 3.82. The highest BCUT2D eigenvalue weighted by Crippen LogP contribution is 2.07. The van der Waals surface area contributed by atoms with Crippen LogP contribution >= 0.6 is 12.2 Å². The van der Waals surface area contributed by atoms with Crippen molar-refractivity contribution in [3.05, 3.63) is 12.2 Å². The first-order chi connectivity index (χ1) is 7.70. The molecule has 0 radical (unpaired) electrons. The Bertz CT molecular complexity index is 434. The molecule has 7 heteroatoms. The smallest absolute Gasteiger partial charge is 0.245 e. The highest BCUT2D eigenvalue weighted by atomic mass is 32.1. The van der Waals surface area contributed by atoms with Crippen LogP contribution in [0.25, 0.3) is 0 Å². The van der Waals surface area contributed by atoms with E-state index < -0.39 is 6.04 Å². The summed E-state index contributed by atoms with van der Waals surface area (Å²) in [5, 5.41) is 6.90. The lowest BCUT2D eigenvalue weighted by molar-refractivity contribution is -0.125. The molecule has 94 valence electrons. The van der Waals surface area contributed by atoms with Gasteiger partial charge in [0.2, 0.25) is 11.7 Å². The lowest BCUT2D eigenvalue weighted by Gasteiger charge is -2.23. The van der Waals surface area contributed by atoms with Crippen LogP contribution in [-0.2, 0) is 4.79 Å². The van der Waals surface area contributed by atoms with E-state index in [2.05, 4.69) is 15.4 Å². The molecule has 3 N–H and O–H groups in total. The number of nitrogens with two attached hydrogens (primary N) is 1. The van der Waals surface area contributed by atoms with Crippen LogP contribution < -0.4 is 11.1 Å². The molecule has 0 bridgehead atoms. The minimum atomic E-state index is -0.454. The Labute approximate surface area is 106 Å². The van der Waals surface area contributed by atoms with Gasteiger partial charge in [0.25, 0.3) is 0 Å². The van der Waals surface area contributed by atoms with Gasteiger partial charge in [-0.05, 0) is 27.7 Å². The van der Waals surface area contributed by atoms with Crippen molar-refractivity contribution in [2.45, 2.75) is 39.3 Å². The fourth-order valence-corrected chi connectivity index (χ4v) is 1.26. The van der Waals surface area contributed by atoms with Gasteiger partial charge in [-0.15, -0.1) is 5.10 Å². The number of carbonyl (C=O) groups is 1. The summed E-state index contributed by atoms with van der Waals surface area (Å²) >= 11 is 4.75. The largest absolute Gasteiger partial charge is 0.387 e. The van der Waals surface area contributed by atoms with Crippen LogP contribution in [0.4, 0.5) is 0 Å². The maximum Gasteiger partial charge on any atom is 0.245 e. The summed E-state index contributed by atoms with van der Waals surface area (Å²) in [6.45, 7) is 7.48. The summed E-state index contributed by atoms with van der Waals surface area (Å²) in [7, 11) is 0. The summed E-state index contributed by atoms with van der Waals surface area (Å²) in [5.41, 5.74) is 5.12. The predicted molar refractivity (Wildman–Crippen MR) is 68.5 cm³/mol. The number of nitrogens with one attached hydrogen (secondary N) is 1. The van der Waals surface area contributed by atoms with Gasteiger partial charge in [0.05, 0.1) is 0 Å². The first-order valence-electron chi connectivity index (χ1n) is 5.23. The average Bonchev–Trinajstić information content (AvgIpc) is 2.62. The van der Waals surface area contributed by atoms with Gasteiger partial charge in [0.15, 0.2) is 0 Å². The molecule has 1 aromatic heterocycles. The minimum absolute atomic E-state index is 0.118. The quantitative estimate of drug-likeness (QED) is 0.763. The third-order valence-corrected chi connectivity index (χ3v) is 2.19. The zero-order valence-electron chi connectivity index (χ0n) is 10.4. The molecule has 1 aromatic rings. The molecule has 0 aliphatic heterocycles. The second-order valence-corrected chi connectivity index (χ2v) is 5.27. The van der Waals surface area contributed by atoms with E-state index in [1.54, 1.807) is 6.92 Å². The maximum absolute atomic E-state index is 11.9. The number of aromatic nitrogens is 3. The van der Waals surface area contributed by atoms with Crippen molar-refractivity contribution in [3.63, 3.8) is 0 Å². The molecule has 1 amide bonds. The molecule has 0 spiro atoms. The zero-order chi connectivity index (χ0) is 13.2. The molecule has 1 unspecified atom stereocenters. The number of hydrogen-bond donors (Lipinski definition) is 2. The fraction of sp³-hybridized carbons (Fsp3) is 0.600. The second-order valence-electron chi connectivity index (χ2n) is 4.83. The average molecular weight is 255 g/mol. The number of carbonyl (C=O) groups excluding carboxylic acids is 1. The first-order valence-corrected chi connectivity index (χ1v) is 5.64. The molecule has 0 aliphatic rings. The molecule has 0 aliphatic carbocycles. The van der Waals surface area contributed by atoms with E-state index in [4.69, 9.17) is 18.0 Å². The number of thiocarbonyl (C=S) groups is 1. The van der Waals surface area contributed by atoms with Crippen molar-refractivity contribution in [1.82, 2.24) is 20.1 Å². The lowest BCUT2D eigenvalue weighted by Crippen LogP contribution is -2.43. The minimum Gasteiger partial charge on any atom is -0.387 e. The third-order valence-electron chi connectivity index (χ3n) is 2.00. The number of rotatable bonds is 3. The Morgan fingerprint density at radius 2 is 2.18 bits per heavy atom. The molecule has 6 nitrogen and oxygen atoms in total. The van der Waals surface area contributed by atoms with Gasteiger partial charge in [-0.2, -0.15) is 0 Å². The second kappa shape index (κ2) is 4.79. The topological polar surface area (TPSA) is 85.8 Å². The summed E-state index contributed by atoms with van der Waals surface area (Å²) in [5.74, 6) is 0.146. The van der Waals surface area contributed by atoms with Crippen molar-refractivity contribution < 1.29 is 4.79 Å². The van der Waals surface area contributed by atoms with Crippen molar-refractivity contribution in [2.24, 2.45) is 5.73 Å². The molecule has 0 aromatic carbocycles. The Hall–Kier alpha value is -1.50. The van der Waals surface area contributed by atoms with Crippen molar-refractivity contribution in [2.75, 3.05) is 0 Å². The highest BCUT2D eigenvalue weighted by molar-refractivity contribution is 7.80. The van der Waals surface area contributed by atoms with Crippen LogP contribution in [0.15, 0.2) is 6.33 Å². The van der Waals surface area contributed by atoms with Crippen LogP contribution in [0.1, 0.15) is 39.6 Å². The van der Waals surface area contributed by atoms with E-state index in [0.717, 1.165) is 0 Å². The molecule has 1 atom stereocenters. The summed E-state index contributed by atoms with van der Waals surface area (Å²) in [6, 6.07) is -0.454. The van der Waals surface area contributed by atoms with Crippen molar-refractivity contribution in [1.29, 1.82) is 0 Å². The standard InChI is InChI=1S/C10H17N5OS/c1-6(9(16)13-10(2,3)4)15-5-12-8(14-15)7(11)17/h5-6H,1-4H3,(H2,11,17)(H,13,16). The molecule has 0 saturated carbocycles. The van der Waals surface area contributed by atoms with Gasteiger partial charge in [0.1, 0.15) is 17.4 Å². The number of amides is 1. The maximum atomic E-state index is 11.9. The molecule has 0 fully saturated rings. The Morgan fingerprint density at radius 1 is 1.59 bits per heavy atom. The van der Waals surface area contributed by atoms with Crippen LogP contribution in [0.3, 0.4) is 0 Å². The van der Waals surface area contributed by atoms with Crippen molar-refractivity contribution in [3.8, 4) is 0 Å². The normalized spacial score (nSPS) is 13.2. The van der Waals surface area contributed by atoms with Gasteiger partial charge < -0.3 is 11.1 Å². The van der Waals surface area contributed by atoms with Crippen LogP contribution in [0, 0.1) is 0 Å². The van der Waals surface area contributed by atoms with Crippen LogP contribution in [0.5, 0.6) is 0 Å². The van der Waals surface area contributed by atoms with E-state index in [0.29, 0.717) is 0 Å². The SMILES string of the molecule is CC(C(=O)NC(C)(C)C)n1cnc(C(N)=S)n1. The molecule has 17 heavy (non-hydrogen) atoms. The van der Waals surface area contributed by atoms with Crippen LogP contribution in [-0.4, -0.2) is 31.2 Å². The highest BCUT2D eigenvalue weighted by Gasteiger charge is 2.21. The van der Waals surface area contributed by atoms with Gasteiger partial charge in [-0.1, -0.05) is 12.2 Å². The number of nitrogens with zero attached hydrogens (tertiary/aromatic N) is 3. The van der Waals surface area contributed by atoms with Gasteiger partial charge >= 0.3 is 0 Å². The fourth-order valence-electron chi connectivity index (χ4n) is 1.17. The lowest BCUT2D eigenvalue weighted by atomic mass is 10.1. The van der Waals surface area contributed by atoms with Crippen LogP contribution in [0.2, 0.25) is 0 Å². The van der Waals surface area contributed by atoms with Gasteiger partial charge in [-0.25, -0.2) is 9.67 Å². The molecular weight excluding hydrogens is 238 g/mol. The van der Waals surface area contributed by atoms with E-state index in [1.165, 1.54) is 11.0 Å².